The van der Waals surface area contributed by atoms with Crippen LogP contribution in [0.4, 0.5) is 0 Å². The van der Waals surface area contributed by atoms with Crippen LogP contribution in [0.25, 0.3) is 0 Å². The van der Waals surface area contributed by atoms with E-state index in [1.807, 2.05) is 12.1 Å². The smallest absolute Gasteiger partial charge is 0.115 e. The molecule has 0 bridgehead atoms. The topological polar surface area (TPSA) is 50.9 Å². The summed E-state index contributed by atoms with van der Waals surface area (Å²) in [5.41, 5.74) is 3.45. The summed E-state index contributed by atoms with van der Waals surface area (Å²) >= 11 is 0. The van der Waals surface area contributed by atoms with Gasteiger partial charge in [0.25, 0.3) is 0 Å². The summed E-state index contributed by atoms with van der Waals surface area (Å²) in [5.74, 6) is 0. The van der Waals surface area contributed by atoms with Gasteiger partial charge in [0, 0.05) is 23.7 Å². The second-order valence-corrected chi connectivity index (χ2v) is 6.11. The van der Waals surface area contributed by atoms with E-state index in [0.29, 0.717) is 0 Å². The first kappa shape index (κ1) is 12.4. The fourth-order valence-electron chi connectivity index (χ4n) is 2.92. The molecule has 1 N–H and O–H groups in total. The molecule has 19 heavy (non-hydrogen) atoms. The molecule has 0 aliphatic heterocycles. The first-order chi connectivity index (χ1) is 9.05. The van der Waals surface area contributed by atoms with Crippen molar-refractivity contribution in [2.24, 2.45) is 5.41 Å². The molecule has 1 aliphatic rings. The van der Waals surface area contributed by atoms with Crippen molar-refractivity contribution in [3.05, 3.63) is 47.8 Å². The maximum Gasteiger partial charge on any atom is 0.115 e. The SMILES string of the molecule is CC1(C)Cc2c(ccn2Cc2ccncn2)C(O)C1. The Morgan fingerprint density at radius 2 is 2.26 bits per heavy atom. The fraction of sp³-hybridized carbons (Fsp3) is 0.467. The van der Waals surface area contributed by atoms with Gasteiger partial charge in [0.05, 0.1) is 18.3 Å². The van der Waals surface area contributed by atoms with Gasteiger partial charge >= 0.3 is 0 Å². The van der Waals surface area contributed by atoms with Crippen molar-refractivity contribution >= 4 is 0 Å². The molecule has 0 radical (unpaired) electrons. The Morgan fingerprint density at radius 1 is 1.42 bits per heavy atom. The lowest BCUT2D eigenvalue weighted by atomic mass is 9.75. The van der Waals surface area contributed by atoms with Crippen LogP contribution in [0, 0.1) is 5.41 Å². The van der Waals surface area contributed by atoms with Crippen molar-refractivity contribution in [3.8, 4) is 0 Å². The van der Waals surface area contributed by atoms with Crippen molar-refractivity contribution in [2.75, 3.05) is 0 Å². The molecule has 4 nitrogen and oxygen atoms in total. The van der Waals surface area contributed by atoms with Gasteiger partial charge in [-0.1, -0.05) is 13.8 Å². The monoisotopic (exact) mass is 257 g/mol. The minimum absolute atomic E-state index is 0.147. The number of hydrogen-bond acceptors (Lipinski definition) is 3. The Balaban J connectivity index is 1.93. The number of rotatable bonds is 2. The maximum absolute atomic E-state index is 10.2. The van der Waals surface area contributed by atoms with Crippen molar-refractivity contribution in [1.82, 2.24) is 14.5 Å². The molecule has 0 fully saturated rings. The van der Waals surface area contributed by atoms with E-state index in [1.54, 1.807) is 12.5 Å². The Bertz CT molecular complexity index is 574. The van der Waals surface area contributed by atoms with E-state index < -0.39 is 0 Å². The summed E-state index contributed by atoms with van der Waals surface area (Å²) in [4.78, 5) is 8.20. The predicted octanol–water partition coefficient (Wildman–Crippen LogP) is 2.33. The lowest BCUT2D eigenvalue weighted by Crippen LogP contribution is -2.26. The molecule has 1 aliphatic carbocycles. The van der Waals surface area contributed by atoms with Crippen LogP contribution in [-0.2, 0) is 13.0 Å². The van der Waals surface area contributed by atoms with E-state index in [1.165, 1.54) is 5.69 Å². The van der Waals surface area contributed by atoms with Gasteiger partial charge in [-0.3, -0.25) is 0 Å². The number of aliphatic hydroxyl groups excluding tert-OH is 1. The highest BCUT2D eigenvalue weighted by Gasteiger charge is 2.33. The van der Waals surface area contributed by atoms with Crippen molar-refractivity contribution in [1.29, 1.82) is 0 Å². The van der Waals surface area contributed by atoms with Gasteiger partial charge in [0.15, 0.2) is 0 Å². The summed E-state index contributed by atoms with van der Waals surface area (Å²) in [6.07, 6.45) is 6.87. The number of aromatic nitrogens is 3. The number of aliphatic hydroxyl groups is 1. The van der Waals surface area contributed by atoms with E-state index in [9.17, 15) is 5.11 Å². The van der Waals surface area contributed by atoms with Gasteiger partial charge in [0.1, 0.15) is 6.33 Å². The summed E-state index contributed by atoms with van der Waals surface area (Å²) in [7, 11) is 0. The minimum atomic E-state index is -0.342. The lowest BCUT2D eigenvalue weighted by molar-refractivity contribution is 0.0981. The Morgan fingerprint density at radius 3 is 3.00 bits per heavy atom. The fourth-order valence-corrected chi connectivity index (χ4v) is 2.92. The maximum atomic E-state index is 10.2. The zero-order valence-corrected chi connectivity index (χ0v) is 11.4. The lowest BCUT2D eigenvalue weighted by Gasteiger charge is -2.33. The average Bonchev–Trinajstić information content (AvgIpc) is 2.72. The molecule has 3 rings (SSSR count). The highest BCUT2D eigenvalue weighted by atomic mass is 16.3. The number of hydrogen-bond donors (Lipinski definition) is 1. The molecule has 1 unspecified atom stereocenters. The zero-order valence-electron chi connectivity index (χ0n) is 11.4. The molecule has 0 amide bonds. The second kappa shape index (κ2) is 4.46. The van der Waals surface area contributed by atoms with E-state index in [-0.39, 0.29) is 11.5 Å². The largest absolute Gasteiger partial charge is 0.388 e. The molecule has 0 saturated heterocycles. The van der Waals surface area contributed by atoms with E-state index in [0.717, 1.165) is 30.6 Å². The number of fused-ring (bicyclic) bond motifs is 1. The molecule has 1 atom stereocenters. The van der Waals surface area contributed by atoms with Gasteiger partial charge in [-0.25, -0.2) is 9.97 Å². The highest BCUT2D eigenvalue weighted by molar-refractivity contribution is 5.29. The molecular formula is C15H19N3O. The first-order valence-corrected chi connectivity index (χ1v) is 6.66. The average molecular weight is 257 g/mol. The molecular weight excluding hydrogens is 238 g/mol. The van der Waals surface area contributed by atoms with Gasteiger partial charge in [-0.15, -0.1) is 0 Å². The van der Waals surface area contributed by atoms with Crippen molar-refractivity contribution in [3.63, 3.8) is 0 Å². The van der Waals surface area contributed by atoms with Crippen molar-refractivity contribution < 1.29 is 5.11 Å². The summed E-state index contributed by atoms with van der Waals surface area (Å²) < 4.78 is 2.20. The molecule has 2 aromatic rings. The van der Waals surface area contributed by atoms with Crippen LogP contribution in [0.2, 0.25) is 0 Å². The van der Waals surface area contributed by atoms with Gasteiger partial charge in [0.2, 0.25) is 0 Å². The summed E-state index contributed by atoms with van der Waals surface area (Å²) in [6, 6.07) is 3.97. The van der Waals surface area contributed by atoms with E-state index in [2.05, 4.69) is 34.6 Å². The molecule has 0 aromatic carbocycles. The third-order valence-electron chi connectivity index (χ3n) is 3.84. The standard InChI is InChI=1S/C15H19N3O/c1-15(2)7-13-12(14(19)8-15)4-6-18(13)9-11-3-5-16-10-17-11/h3-6,10,14,19H,7-9H2,1-2H3. The van der Waals surface area contributed by atoms with Crippen LogP contribution >= 0.6 is 0 Å². The molecule has 100 valence electrons. The van der Waals surface area contributed by atoms with Gasteiger partial charge in [-0.05, 0) is 30.4 Å². The molecule has 4 heteroatoms. The van der Waals surface area contributed by atoms with Crippen molar-refractivity contribution in [2.45, 2.75) is 39.3 Å². The van der Waals surface area contributed by atoms with Gasteiger partial charge < -0.3 is 9.67 Å². The molecule has 2 aromatic heterocycles. The second-order valence-electron chi connectivity index (χ2n) is 6.11. The Kier molecular flexibility index (Phi) is 2.90. The Labute approximate surface area is 113 Å². The molecule has 0 spiro atoms. The predicted molar refractivity (Wildman–Crippen MR) is 72.6 cm³/mol. The minimum Gasteiger partial charge on any atom is -0.388 e. The summed E-state index contributed by atoms with van der Waals surface area (Å²) in [6.45, 7) is 5.16. The van der Waals surface area contributed by atoms with Crippen LogP contribution in [-0.4, -0.2) is 19.6 Å². The van der Waals surface area contributed by atoms with Crippen LogP contribution in [0.5, 0.6) is 0 Å². The van der Waals surface area contributed by atoms with Crippen LogP contribution in [0.1, 0.15) is 43.3 Å². The number of nitrogens with zero attached hydrogens (tertiary/aromatic N) is 3. The summed E-state index contributed by atoms with van der Waals surface area (Å²) in [5, 5.41) is 10.2. The quantitative estimate of drug-likeness (QED) is 0.898. The van der Waals surface area contributed by atoms with Crippen LogP contribution in [0.15, 0.2) is 30.9 Å². The first-order valence-electron chi connectivity index (χ1n) is 6.66. The van der Waals surface area contributed by atoms with Gasteiger partial charge in [-0.2, -0.15) is 0 Å². The zero-order chi connectivity index (χ0) is 13.5. The highest BCUT2D eigenvalue weighted by Crippen LogP contribution is 2.41. The molecule has 0 saturated carbocycles. The van der Waals surface area contributed by atoms with E-state index >= 15 is 0 Å². The Hall–Kier alpha value is -1.68. The third kappa shape index (κ3) is 2.40. The van der Waals surface area contributed by atoms with Crippen LogP contribution in [0.3, 0.4) is 0 Å². The van der Waals surface area contributed by atoms with E-state index in [4.69, 9.17) is 0 Å². The third-order valence-corrected chi connectivity index (χ3v) is 3.84. The van der Waals surface area contributed by atoms with Crippen LogP contribution < -0.4 is 0 Å². The normalized spacial score (nSPS) is 21.1. The molecule has 2 heterocycles.